The first-order valence-electron chi connectivity index (χ1n) is 8.91. The molecule has 1 saturated carbocycles. The fourth-order valence-corrected chi connectivity index (χ4v) is 3.31. The molecule has 1 aromatic carbocycles. The number of carboxylic acids is 1. The first kappa shape index (κ1) is 18.6. The van der Waals surface area contributed by atoms with Crippen LogP contribution in [-0.4, -0.2) is 21.3 Å². The summed E-state index contributed by atoms with van der Waals surface area (Å²) in [6, 6.07) is 3.39. The lowest BCUT2D eigenvalue weighted by Gasteiger charge is -2.19. The number of carboxylic acid groups (broad SMARTS) is 1. The summed E-state index contributed by atoms with van der Waals surface area (Å²) in [6.07, 6.45) is 6.51. The lowest BCUT2D eigenvalue weighted by molar-refractivity contribution is -0.143. The monoisotopic (exact) mass is 334 g/mol. The molecule has 0 aliphatic heterocycles. The molecule has 0 atom stereocenters. The Bertz CT molecular complexity index is 594. The normalized spacial score (nSPS) is 16.1. The second kappa shape index (κ2) is 7.04. The standard InChI is InChI=1S/C20H30O4/c1-19(2,3)10-5-7-15-14(8-9-16(21)17(15)22)6-4-11-20(12-13-20)18(23)24/h8-9,21-22H,4-7,10-13H2,1-3H3,(H,23,24). The van der Waals surface area contributed by atoms with Gasteiger partial charge in [0.1, 0.15) is 0 Å². The van der Waals surface area contributed by atoms with Crippen molar-refractivity contribution in [2.24, 2.45) is 10.8 Å². The van der Waals surface area contributed by atoms with Crippen LogP contribution in [0.15, 0.2) is 12.1 Å². The fourth-order valence-electron chi connectivity index (χ4n) is 3.31. The van der Waals surface area contributed by atoms with Crippen molar-refractivity contribution in [2.75, 3.05) is 0 Å². The number of aliphatic carboxylic acids is 1. The molecule has 1 aliphatic carbocycles. The molecule has 0 saturated heterocycles. The summed E-state index contributed by atoms with van der Waals surface area (Å²) < 4.78 is 0. The summed E-state index contributed by atoms with van der Waals surface area (Å²) in [5, 5.41) is 29.3. The van der Waals surface area contributed by atoms with Crippen molar-refractivity contribution in [3.63, 3.8) is 0 Å². The molecule has 4 heteroatoms. The van der Waals surface area contributed by atoms with E-state index in [0.717, 1.165) is 56.1 Å². The number of benzene rings is 1. The van der Waals surface area contributed by atoms with Crippen molar-refractivity contribution < 1.29 is 20.1 Å². The van der Waals surface area contributed by atoms with Gasteiger partial charge < -0.3 is 15.3 Å². The molecular formula is C20H30O4. The van der Waals surface area contributed by atoms with Gasteiger partial charge in [-0.1, -0.05) is 26.8 Å². The average molecular weight is 334 g/mol. The fraction of sp³-hybridized carbons (Fsp3) is 0.650. The molecule has 0 heterocycles. The highest BCUT2D eigenvalue weighted by Gasteiger charge is 2.49. The van der Waals surface area contributed by atoms with Crippen LogP contribution in [0.2, 0.25) is 0 Å². The van der Waals surface area contributed by atoms with Crippen molar-refractivity contribution >= 4 is 5.97 Å². The lowest BCUT2D eigenvalue weighted by atomic mass is 9.87. The van der Waals surface area contributed by atoms with Crippen LogP contribution in [0.5, 0.6) is 11.5 Å². The average Bonchev–Trinajstić information content (AvgIpc) is 3.25. The third kappa shape index (κ3) is 4.65. The largest absolute Gasteiger partial charge is 0.504 e. The third-order valence-electron chi connectivity index (χ3n) is 5.12. The molecule has 134 valence electrons. The van der Waals surface area contributed by atoms with Gasteiger partial charge >= 0.3 is 5.97 Å². The SMILES string of the molecule is CC(C)(C)CCCc1c(CCCC2(C(=O)O)CC2)ccc(O)c1O. The van der Waals surface area contributed by atoms with Gasteiger partial charge in [0.25, 0.3) is 0 Å². The van der Waals surface area contributed by atoms with Gasteiger partial charge in [0.2, 0.25) is 0 Å². The second-order valence-corrected chi connectivity index (χ2v) is 8.42. The smallest absolute Gasteiger partial charge is 0.309 e. The molecule has 1 fully saturated rings. The topological polar surface area (TPSA) is 77.8 Å². The number of phenols is 2. The van der Waals surface area contributed by atoms with Gasteiger partial charge in [0.15, 0.2) is 11.5 Å². The second-order valence-electron chi connectivity index (χ2n) is 8.42. The van der Waals surface area contributed by atoms with Crippen LogP contribution in [0, 0.1) is 10.8 Å². The van der Waals surface area contributed by atoms with Crippen LogP contribution >= 0.6 is 0 Å². The minimum atomic E-state index is -0.679. The van der Waals surface area contributed by atoms with Gasteiger partial charge in [-0.05, 0) is 68.4 Å². The molecule has 0 amide bonds. The molecule has 0 radical (unpaired) electrons. The quantitative estimate of drug-likeness (QED) is 0.605. The van der Waals surface area contributed by atoms with Gasteiger partial charge in [-0.3, -0.25) is 4.79 Å². The summed E-state index contributed by atoms with van der Waals surface area (Å²) >= 11 is 0. The van der Waals surface area contributed by atoms with Crippen molar-refractivity contribution in [2.45, 2.75) is 72.1 Å². The van der Waals surface area contributed by atoms with Crippen LogP contribution in [0.1, 0.15) is 70.4 Å². The van der Waals surface area contributed by atoms with Gasteiger partial charge in [-0.25, -0.2) is 0 Å². The maximum absolute atomic E-state index is 11.3. The zero-order chi connectivity index (χ0) is 18.0. The van der Waals surface area contributed by atoms with E-state index in [0.29, 0.717) is 6.42 Å². The summed E-state index contributed by atoms with van der Waals surface area (Å²) in [6.45, 7) is 6.58. The first-order valence-corrected chi connectivity index (χ1v) is 8.91. The van der Waals surface area contributed by atoms with Crippen LogP contribution in [-0.2, 0) is 17.6 Å². The Hall–Kier alpha value is -1.71. The van der Waals surface area contributed by atoms with Crippen molar-refractivity contribution in [1.29, 1.82) is 0 Å². The van der Waals surface area contributed by atoms with Crippen molar-refractivity contribution in [3.05, 3.63) is 23.3 Å². The predicted octanol–water partition coefficient (Wildman–Crippen LogP) is 4.65. The Morgan fingerprint density at radius 2 is 1.79 bits per heavy atom. The number of aryl methyl sites for hydroxylation is 1. The Morgan fingerprint density at radius 3 is 2.33 bits per heavy atom. The number of carbonyl (C=O) groups is 1. The number of hydrogen-bond acceptors (Lipinski definition) is 3. The Balaban J connectivity index is 2.00. The van der Waals surface area contributed by atoms with E-state index in [2.05, 4.69) is 20.8 Å². The minimum absolute atomic E-state index is 0.0132. The van der Waals surface area contributed by atoms with E-state index < -0.39 is 11.4 Å². The molecule has 4 nitrogen and oxygen atoms in total. The van der Waals surface area contributed by atoms with E-state index in [1.807, 2.05) is 6.07 Å². The van der Waals surface area contributed by atoms with Crippen LogP contribution in [0.25, 0.3) is 0 Å². The Kier molecular flexibility index (Phi) is 5.46. The van der Waals surface area contributed by atoms with E-state index >= 15 is 0 Å². The highest BCUT2D eigenvalue weighted by molar-refractivity contribution is 5.77. The maximum atomic E-state index is 11.3. The first-order chi connectivity index (χ1) is 11.1. The summed E-state index contributed by atoms with van der Waals surface area (Å²) in [5.74, 6) is -0.768. The van der Waals surface area contributed by atoms with E-state index in [9.17, 15) is 20.1 Å². The van der Waals surface area contributed by atoms with Gasteiger partial charge in [-0.15, -0.1) is 0 Å². The molecule has 1 aliphatic rings. The number of hydrogen-bond donors (Lipinski definition) is 3. The highest BCUT2D eigenvalue weighted by atomic mass is 16.4. The Morgan fingerprint density at radius 1 is 1.12 bits per heavy atom. The number of phenolic OH excluding ortho intramolecular Hbond substituents is 2. The summed E-state index contributed by atoms with van der Waals surface area (Å²) in [7, 11) is 0. The molecule has 0 aromatic heterocycles. The van der Waals surface area contributed by atoms with Crippen LogP contribution < -0.4 is 0 Å². The van der Waals surface area contributed by atoms with Gasteiger partial charge in [-0.2, -0.15) is 0 Å². The molecule has 0 bridgehead atoms. The zero-order valence-electron chi connectivity index (χ0n) is 15.1. The van der Waals surface area contributed by atoms with E-state index in [-0.39, 0.29) is 16.9 Å². The Labute approximate surface area is 144 Å². The molecule has 0 unspecified atom stereocenters. The zero-order valence-corrected chi connectivity index (χ0v) is 15.1. The molecule has 3 N–H and O–H groups in total. The van der Waals surface area contributed by atoms with E-state index in [4.69, 9.17) is 0 Å². The van der Waals surface area contributed by atoms with Crippen LogP contribution in [0.4, 0.5) is 0 Å². The minimum Gasteiger partial charge on any atom is -0.504 e. The third-order valence-corrected chi connectivity index (χ3v) is 5.12. The van der Waals surface area contributed by atoms with Gasteiger partial charge in [0.05, 0.1) is 5.41 Å². The predicted molar refractivity (Wildman–Crippen MR) is 94.4 cm³/mol. The van der Waals surface area contributed by atoms with E-state index in [1.165, 1.54) is 6.07 Å². The number of rotatable bonds is 8. The van der Waals surface area contributed by atoms with E-state index in [1.54, 1.807) is 0 Å². The molecule has 0 spiro atoms. The molecule has 24 heavy (non-hydrogen) atoms. The van der Waals surface area contributed by atoms with Crippen molar-refractivity contribution in [1.82, 2.24) is 0 Å². The summed E-state index contributed by atoms with van der Waals surface area (Å²) in [5.41, 5.74) is 1.59. The van der Waals surface area contributed by atoms with Gasteiger partial charge in [0, 0.05) is 5.56 Å². The summed E-state index contributed by atoms with van der Waals surface area (Å²) in [4.78, 5) is 11.3. The maximum Gasteiger partial charge on any atom is 0.309 e. The molecular weight excluding hydrogens is 304 g/mol. The lowest BCUT2D eigenvalue weighted by Crippen LogP contribution is -2.14. The van der Waals surface area contributed by atoms with Crippen LogP contribution in [0.3, 0.4) is 0 Å². The van der Waals surface area contributed by atoms with Crippen molar-refractivity contribution in [3.8, 4) is 11.5 Å². The highest BCUT2D eigenvalue weighted by Crippen LogP contribution is 2.50. The molecule has 1 aromatic rings. The number of aromatic hydroxyl groups is 2. The molecule has 2 rings (SSSR count).